The van der Waals surface area contributed by atoms with Crippen molar-refractivity contribution in [1.29, 1.82) is 5.26 Å². The Labute approximate surface area is 120 Å². The molecule has 0 saturated carbocycles. The van der Waals surface area contributed by atoms with Crippen molar-refractivity contribution in [3.63, 3.8) is 0 Å². The summed E-state index contributed by atoms with van der Waals surface area (Å²) in [5.41, 5.74) is -0.0201. The van der Waals surface area contributed by atoms with Crippen LogP contribution in [0.2, 0.25) is 0 Å². The number of piperidine rings is 1. The zero-order chi connectivity index (χ0) is 14.6. The molecule has 1 unspecified atom stereocenters. The third-order valence-corrected chi connectivity index (χ3v) is 5.64. The van der Waals surface area contributed by atoms with Crippen molar-refractivity contribution in [2.45, 2.75) is 50.0 Å². The van der Waals surface area contributed by atoms with E-state index in [0.29, 0.717) is 6.54 Å². The van der Waals surface area contributed by atoms with E-state index in [1.165, 1.54) is 12.3 Å². The number of hydrogen-bond acceptors (Lipinski definition) is 4. The average Bonchev–Trinajstić information content (AvgIpc) is 2.48. The number of nitriles is 1. The largest absolute Gasteiger partial charge is 0.246 e. The van der Waals surface area contributed by atoms with Gasteiger partial charge in [-0.25, -0.2) is 13.4 Å². The average molecular weight is 293 g/mol. The second-order valence-electron chi connectivity index (χ2n) is 5.02. The molecular weight excluding hydrogens is 274 g/mol. The van der Waals surface area contributed by atoms with Crippen molar-refractivity contribution in [2.24, 2.45) is 0 Å². The SMILES string of the molecule is CCCC1CCCCN1S(=O)(=O)c1cccnc1C#N. The molecule has 1 aromatic heterocycles. The molecule has 2 rings (SSSR count). The first-order chi connectivity index (χ1) is 9.61. The highest BCUT2D eigenvalue weighted by molar-refractivity contribution is 7.89. The Kier molecular flexibility index (Phi) is 4.73. The van der Waals surface area contributed by atoms with E-state index in [0.717, 1.165) is 32.1 Å². The van der Waals surface area contributed by atoms with Crippen molar-refractivity contribution in [3.8, 4) is 6.07 Å². The van der Waals surface area contributed by atoms with E-state index < -0.39 is 10.0 Å². The molecule has 1 aromatic rings. The summed E-state index contributed by atoms with van der Waals surface area (Å²) < 4.78 is 27.1. The Hall–Kier alpha value is -1.45. The standard InChI is InChI=1S/C14H19N3O2S/c1-2-6-12-7-3-4-10-17(12)20(18,19)14-8-5-9-16-13(14)11-15/h5,8-9,12H,2-4,6-7,10H2,1H3. The zero-order valence-corrected chi connectivity index (χ0v) is 12.4. The van der Waals surface area contributed by atoms with E-state index in [-0.39, 0.29) is 16.6 Å². The number of rotatable bonds is 4. The maximum atomic E-state index is 12.8. The summed E-state index contributed by atoms with van der Waals surface area (Å²) in [4.78, 5) is 3.90. The second kappa shape index (κ2) is 6.33. The van der Waals surface area contributed by atoms with Gasteiger partial charge in [0.15, 0.2) is 5.69 Å². The van der Waals surface area contributed by atoms with Crippen LogP contribution in [0, 0.1) is 11.3 Å². The lowest BCUT2D eigenvalue weighted by Crippen LogP contribution is -2.43. The Morgan fingerprint density at radius 1 is 1.50 bits per heavy atom. The molecule has 0 N–H and O–H groups in total. The van der Waals surface area contributed by atoms with Crippen LogP contribution in [0.15, 0.2) is 23.2 Å². The molecule has 0 bridgehead atoms. The summed E-state index contributed by atoms with van der Waals surface area (Å²) in [6.07, 6.45) is 6.10. The van der Waals surface area contributed by atoms with Gasteiger partial charge >= 0.3 is 0 Å². The first-order valence-electron chi connectivity index (χ1n) is 6.98. The third-order valence-electron chi connectivity index (χ3n) is 3.66. The molecule has 1 aliphatic rings. The third kappa shape index (κ3) is 2.84. The van der Waals surface area contributed by atoms with Crippen LogP contribution in [-0.2, 0) is 10.0 Å². The fraction of sp³-hybridized carbons (Fsp3) is 0.571. The minimum atomic E-state index is -3.63. The van der Waals surface area contributed by atoms with E-state index in [1.807, 2.05) is 6.07 Å². The Balaban J connectivity index is 2.40. The molecule has 6 heteroatoms. The molecule has 2 heterocycles. The molecule has 0 amide bonds. The van der Waals surface area contributed by atoms with Crippen LogP contribution < -0.4 is 0 Å². The first kappa shape index (κ1) is 14.9. The van der Waals surface area contributed by atoms with E-state index >= 15 is 0 Å². The van der Waals surface area contributed by atoms with Crippen molar-refractivity contribution in [1.82, 2.24) is 9.29 Å². The van der Waals surface area contributed by atoms with E-state index in [4.69, 9.17) is 5.26 Å². The lowest BCUT2D eigenvalue weighted by atomic mass is 10.0. The minimum absolute atomic E-state index is 0.0201. The number of sulfonamides is 1. The Bertz CT molecular complexity index is 605. The predicted octanol–water partition coefficient (Wildman–Crippen LogP) is 2.30. The first-order valence-corrected chi connectivity index (χ1v) is 8.42. The van der Waals surface area contributed by atoms with E-state index in [1.54, 1.807) is 10.4 Å². The Morgan fingerprint density at radius 2 is 2.30 bits per heavy atom. The summed E-state index contributed by atoms with van der Waals surface area (Å²) in [7, 11) is -3.63. The molecule has 0 aromatic carbocycles. The van der Waals surface area contributed by atoms with Crippen LogP contribution in [0.5, 0.6) is 0 Å². The minimum Gasteiger partial charge on any atom is -0.244 e. The molecule has 1 aliphatic heterocycles. The second-order valence-corrected chi connectivity index (χ2v) is 6.87. The summed E-state index contributed by atoms with van der Waals surface area (Å²) in [6.45, 7) is 2.59. The summed E-state index contributed by atoms with van der Waals surface area (Å²) in [5.74, 6) is 0. The number of aromatic nitrogens is 1. The van der Waals surface area contributed by atoms with Gasteiger partial charge in [0.05, 0.1) is 0 Å². The zero-order valence-electron chi connectivity index (χ0n) is 11.6. The predicted molar refractivity (Wildman–Crippen MR) is 75.4 cm³/mol. The van der Waals surface area contributed by atoms with Gasteiger partial charge in [-0.15, -0.1) is 0 Å². The van der Waals surface area contributed by atoms with Crippen molar-refractivity contribution >= 4 is 10.0 Å². The summed E-state index contributed by atoms with van der Waals surface area (Å²) in [5, 5.41) is 9.05. The highest BCUT2D eigenvalue weighted by Gasteiger charge is 2.34. The van der Waals surface area contributed by atoms with Gasteiger partial charge in [-0.1, -0.05) is 19.8 Å². The molecule has 0 radical (unpaired) electrons. The van der Waals surface area contributed by atoms with Crippen molar-refractivity contribution in [3.05, 3.63) is 24.0 Å². The normalized spacial score (nSPS) is 20.5. The van der Waals surface area contributed by atoms with Gasteiger partial charge in [-0.2, -0.15) is 9.57 Å². The highest BCUT2D eigenvalue weighted by atomic mass is 32.2. The van der Waals surface area contributed by atoms with Crippen molar-refractivity contribution in [2.75, 3.05) is 6.54 Å². The summed E-state index contributed by atoms with van der Waals surface area (Å²) >= 11 is 0. The molecular formula is C14H19N3O2S. The van der Waals surface area contributed by atoms with Gasteiger partial charge in [0, 0.05) is 18.8 Å². The van der Waals surface area contributed by atoms with E-state index in [9.17, 15) is 8.42 Å². The topological polar surface area (TPSA) is 74.1 Å². The number of pyridine rings is 1. The van der Waals surface area contributed by atoms with Crippen LogP contribution in [-0.4, -0.2) is 30.3 Å². The fourth-order valence-electron chi connectivity index (χ4n) is 2.72. The van der Waals surface area contributed by atoms with Gasteiger partial charge in [0.2, 0.25) is 10.0 Å². The number of hydrogen-bond donors (Lipinski definition) is 0. The van der Waals surface area contributed by atoms with Gasteiger partial charge in [-0.3, -0.25) is 0 Å². The number of nitrogens with zero attached hydrogens (tertiary/aromatic N) is 3. The van der Waals surface area contributed by atoms with Gasteiger partial charge < -0.3 is 0 Å². The highest BCUT2D eigenvalue weighted by Crippen LogP contribution is 2.28. The smallest absolute Gasteiger partial charge is 0.244 e. The van der Waals surface area contributed by atoms with Crippen LogP contribution in [0.3, 0.4) is 0 Å². The fourth-order valence-corrected chi connectivity index (χ4v) is 4.54. The van der Waals surface area contributed by atoms with Gasteiger partial charge in [-0.05, 0) is 31.4 Å². The lowest BCUT2D eigenvalue weighted by molar-refractivity contribution is 0.239. The molecule has 1 fully saturated rings. The molecule has 5 nitrogen and oxygen atoms in total. The molecule has 1 atom stereocenters. The molecule has 20 heavy (non-hydrogen) atoms. The Morgan fingerprint density at radius 3 is 3.00 bits per heavy atom. The maximum absolute atomic E-state index is 12.8. The van der Waals surface area contributed by atoms with Gasteiger partial charge in [0.25, 0.3) is 0 Å². The molecule has 108 valence electrons. The summed E-state index contributed by atoms with van der Waals surface area (Å²) in [6, 6.07) is 4.95. The van der Waals surface area contributed by atoms with Gasteiger partial charge in [0.1, 0.15) is 11.0 Å². The monoisotopic (exact) mass is 293 g/mol. The van der Waals surface area contributed by atoms with Crippen LogP contribution in [0.25, 0.3) is 0 Å². The van der Waals surface area contributed by atoms with Crippen LogP contribution in [0.1, 0.15) is 44.7 Å². The van der Waals surface area contributed by atoms with Crippen molar-refractivity contribution < 1.29 is 8.42 Å². The maximum Gasteiger partial charge on any atom is 0.246 e. The van der Waals surface area contributed by atoms with Crippen LogP contribution >= 0.6 is 0 Å². The molecule has 0 aliphatic carbocycles. The molecule has 0 spiro atoms. The quantitative estimate of drug-likeness (QED) is 0.853. The van der Waals surface area contributed by atoms with E-state index in [2.05, 4.69) is 11.9 Å². The van der Waals surface area contributed by atoms with Crippen LogP contribution in [0.4, 0.5) is 0 Å². The lowest BCUT2D eigenvalue weighted by Gasteiger charge is -2.34. The molecule has 1 saturated heterocycles.